The monoisotopic (exact) mass is 746 g/mol. The van der Waals surface area contributed by atoms with Crippen molar-refractivity contribution in [2.45, 2.75) is 101 Å². The number of aliphatic hydroxyl groups is 1. The number of esters is 1. The molecule has 1 aromatic carbocycles. The second kappa shape index (κ2) is 18.7. The number of fused-ring (bicyclic) bond motifs is 2. The first kappa shape index (κ1) is 40.8. The van der Waals surface area contributed by atoms with E-state index in [9.17, 15) is 47.4 Å². The van der Waals surface area contributed by atoms with Crippen molar-refractivity contribution >= 4 is 41.4 Å². The number of hydrogen-bond acceptors (Lipinski definition) is 9. The minimum atomic E-state index is -1.60. The second-order valence-electron chi connectivity index (χ2n) is 13.5. The number of nitrogens with zero attached hydrogens (tertiary/aromatic N) is 3. The zero-order chi connectivity index (χ0) is 38.8. The highest BCUT2D eigenvalue weighted by atomic mass is 19.1. The molecule has 3 aliphatic heterocycles. The molecule has 4 rings (SSSR count). The summed E-state index contributed by atoms with van der Waals surface area (Å²) in [5.41, 5.74) is 0.0345. The zero-order valence-corrected chi connectivity index (χ0v) is 30.1. The Bertz CT molecular complexity index is 1570. The molecule has 17 heteroatoms. The maximum absolute atomic E-state index is 14.2. The van der Waals surface area contributed by atoms with Gasteiger partial charge in [-0.3, -0.25) is 28.8 Å². The molecule has 290 valence electrons. The molecular weight excluding hydrogens is 698 g/mol. The number of carbonyl (C=O) groups excluding carboxylic acids is 7. The van der Waals surface area contributed by atoms with Gasteiger partial charge in [-0.1, -0.05) is 25.8 Å². The lowest BCUT2D eigenvalue weighted by molar-refractivity contribution is -0.158. The third kappa shape index (κ3) is 10.4. The van der Waals surface area contributed by atoms with Crippen LogP contribution in [0.15, 0.2) is 30.4 Å². The molecule has 0 aliphatic carbocycles. The molecule has 3 aliphatic rings. The van der Waals surface area contributed by atoms with Crippen LogP contribution in [0.4, 0.5) is 8.78 Å². The Balaban J connectivity index is 1.67. The molecule has 15 nitrogen and oxygen atoms in total. The maximum Gasteiger partial charge on any atom is 0.328 e. The third-order valence-corrected chi connectivity index (χ3v) is 9.73. The van der Waals surface area contributed by atoms with Crippen molar-refractivity contribution in [3.8, 4) is 0 Å². The Kier molecular flexibility index (Phi) is 14.4. The van der Waals surface area contributed by atoms with Gasteiger partial charge < -0.3 is 40.5 Å². The molecule has 3 saturated heterocycles. The van der Waals surface area contributed by atoms with E-state index in [1.165, 1.54) is 29.8 Å². The number of benzene rings is 1. The van der Waals surface area contributed by atoms with Crippen LogP contribution in [0.2, 0.25) is 0 Å². The topological polar surface area (TPSA) is 195 Å². The maximum atomic E-state index is 14.2. The summed E-state index contributed by atoms with van der Waals surface area (Å²) in [5.74, 6) is -7.22. The number of nitrogens with one attached hydrogen (secondary N) is 3. The van der Waals surface area contributed by atoms with E-state index in [0.29, 0.717) is 25.3 Å². The SMILES string of the molecule is CCCC/C=C/C(=O)N[C@@H](Cc1cc(F)cc(F)c1)C(=O)N[C@H]1COC(=O)[C@@H]2CCCN2C(=O)[C@H](CO)NC(=O)[C@H](C)N(C)C(=O)[C@@H]2CCCN2C1=O. The molecule has 6 amide bonds. The fraction of sp³-hybridized carbons (Fsp3) is 0.583. The van der Waals surface area contributed by atoms with E-state index in [4.69, 9.17) is 4.74 Å². The molecular formula is C36H48F2N6O9. The molecule has 3 heterocycles. The lowest BCUT2D eigenvalue weighted by Crippen LogP contribution is -2.61. The number of carbonyl (C=O) groups is 7. The summed E-state index contributed by atoms with van der Waals surface area (Å²) in [5, 5.41) is 17.5. The summed E-state index contributed by atoms with van der Waals surface area (Å²) in [6.45, 7) is 2.10. The number of cyclic esters (lactones) is 1. The zero-order valence-electron chi connectivity index (χ0n) is 30.1. The Morgan fingerprint density at radius 2 is 1.64 bits per heavy atom. The highest BCUT2D eigenvalue weighted by Gasteiger charge is 2.44. The van der Waals surface area contributed by atoms with E-state index in [2.05, 4.69) is 16.0 Å². The summed E-state index contributed by atoms with van der Waals surface area (Å²) in [6.07, 6.45) is 5.96. The molecule has 0 bridgehead atoms. The molecule has 4 N–H and O–H groups in total. The number of hydrogen-bond donors (Lipinski definition) is 4. The average Bonchev–Trinajstić information content (AvgIpc) is 3.82. The molecule has 0 unspecified atom stereocenters. The first-order chi connectivity index (χ1) is 25.2. The van der Waals surface area contributed by atoms with Crippen LogP contribution in [-0.2, 0) is 44.7 Å². The largest absolute Gasteiger partial charge is 0.461 e. The number of allylic oxidation sites excluding steroid dienone is 1. The minimum Gasteiger partial charge on any atom is -0.461 e. The fourth-order valence-corrected chi connectivity index (χ4v) is 6.66. The van der Waals surface area contributed by atoms with Crippen molar-refractivity contribution in [3.63, 3.8) is 0 Å². The van der Waals surface area contributed by atoms with Crippen LogP contribution in [0.25, 0.3) is 0 Å². The van der Waals surface area contributed by atoms with Crippen LogP contribution >= 0.6 is 0 Å². The van der Waals surface area contributed by atoms with Gasteiger partial charge in [0.15, 0.2) is 0 Å². The fourth-order valence-electron chi connectivity index (χ4n) is 6.66. The number of ether oxygens (including phenoxy) is 1. The van der Waals surface area contributed by atoms with Crippen LogP contribution in [0.5, 0.6) is 0 Å². The van der Waals surface area contributed by atoms with Crippen LogP contribution in [0, 0.1) is 11.6 Å². The summed E-state index contributed by atoms with van der Waals surface area (Å²) >= 11 is 0. The van der Waals surface area contributed by atoms with Gasteiger partial charge in [0.2, 0.25) is 35.4 Å². The van der Waals surface area contributed by atoms with Crippen LogP contribution in [-0.4, -0.2) is 131 Å². The molecule has 0 radical (unpaired) electrons. The summed E-state index contributed by atoms with van der Waals surface area (Å²) < 4.78 is 33.8. The molecule has 0 aromatic heterocycles. The van der Waals surface area contributed by atoms with Crippen molar-refractivity contribution in [1.29, 1.82) is 0 Å². The molecule has 6 atom stereocenters. The highest BCUT2D eigenvalue weighted by Crippen LogP contribution is 2.23. The van der Waals surface area contributed by atoms with E-state index >= 15 is 0 Å². The molecule has 3 fully saturated rings. The third-order valence-electron chi connectivity index (χ3n) is 9.73. The number of rotatable bonds is 10. The summed E-state index contributed by atoms with van der Waals surface area (Å²) in [7, 11) is 1.36. The van der Waals surface area contributed by atoms with E-state index in [1.807, 2.05) is 6.92 Å². The Hall–Kier alpha value is -4.93. The van der Waals surface area contributed by atoms with Crippen LogP contribution in [0.3, 0.4) is 0 Å². The minimum absolute atomic E-state index is 0.0345. The van der Waals surface area contributed by atoms with Crippen molar-refractivity contribution in [1.82, 2.24) is 30.7 Å². The second-order valence-corrected chi connectivity index (χ2v) is 13.5. The van der Waals surface area contributed by atoms with Crippen molar-refractivity contribution in [2.24, 2.45) is 0 Å². The van der Waals surface area contributed by atoms with Gasteiger partial charge in [0.05, 0.1) is 6.61 Å². The van der Waals surface area contributed by atoms with Gasteiger partial charge in [0, 0.05) is 32.6 Å². The number of amides is 6. The molecule has 1 aromatic rings. The molecule has 0 saturated carbocycles. The van der Waals surface area contributed by atoms with E-state index in [1.54, 1.807) is 6.08 Å². The van der Waals surface area contributed by atoms with E-state index < -0.39 is 103 Å². The average molecular weight is 747 g/mol. The van der Waals surface area contributed by atoms with Crippen LogP contribution in [0.1, 0.15) is 64.4 Å². The Morgan fingerprint density at radius 3 is 2.28 bits per heavy atom. The summed E-state index contributed by atoms with van der Waals surface area (Å²) in [6, 6.07) is -5.12. The van der Waals surface area contributed by atoms with E-state index in [0.717, 1.165) is 29.9 Å². The number of likely N-dealkylation sites (N-methyl/N-ethyl adjacent to an activating group) is 1. The van der Waals surface area contributed by atoms with E-state index in [-0.39, 0.29) is 37.9 Å². The summed E-state index contributed by atoms with van der Waals surface area (Å²) in [4.78, 5) is 98.3. The number of halogens is 2. The van der Waals surface area contributed by atoms with Gasteiger partial charge in [-0.25, -0.2) is 13.6 Å². The molecule has 0 spiro atoms. The Labute approximate surface area is 306 Å². The standard InChI is InChI=1S/C36H48F2N6O9/c1-4-5-6-7-12-30(46)39-25(17-22-15-23(37)18-24(38)16-22)32(48)41-27-20-53-36(52)29-11-9-14-44(29)33(49)26(19-45)40-31(47)21(2)42(3)35(51)28-10-8-13-43(28)34(27)50/h7,12,15-16,18,21,25-29,45H,4-6,8-11,13-14,17,19-20H2,1-3H3,(H,39,46)(H,40,47)(H,41,48)/b12-7+/t21-,25-,26-,27-,28-,29-/m0/s1. The van der Waals surface area contributed by atoms with Crippen molar-refractivity contribution < 1.29 is 52.2 Å². The smallest absolute Gasteiger partial charge is 0.328 e. The predicted molar refractivity (Wildman–Crippen MR) is 184 cm³/mol. The predicted octanol–water partition coefficient (Wildman–Crippen LogP) is 0.0861. The Morgan fingerprint density at radius 1 is 1.00 bits per heavy atom. The van der Waals surface area contributed by atoms with Gasteiger partial charge >= 0.3 is 5.97 Å². The first-order valence-corrected chi connectivity index (χ1v) is 17.9. The number of aliphatic hydroxyl groups excluding tert-OH is 1. The molecule has 53 heavy (non-hydrogen) atoms. The quantitative estimate of drug-likeness (QED) is 0.146. The van der Waals surface area contributed by atoms with Crippen molar-refractivity contribution in [2.75, 3.05) is 33.4 Å². The van der Waals surface area contributed by atoms with Gasteiger partial charge in [0.25, 0.3) is 0 Å². The number of unbranched alkanes of at least 4 members (excludes halogenated alkanes) is 2. The van der Waals surface area contributed by atoms with Crippen LogP contribution < -0.4 is 16.0 Å². The van der Waals surface area contributed by atoms with Gasteiger partial charge in [0.1, 0.15) is 54.5 Å². The lowest BCUT2D eigenvalue weighted by Gasteiger charge is -2.34. The normalized spacial score (nSPS) is 25.2. The lowest BCUT2D eigenvalue weighted by atomic mass is 10.0. The van der Waals surface area contributed by atoms with Gasteiger partial charge in [-0.2, -0.15) is 0 Å². The van der Waals surface area contributed by atoms with Gasteiger partial charge in [-0.05, 0) is 62.8 Å². The van der Waals surface area contributed by atoms with Gasteiger partial charge in [-0.15, -0.1) is 0 Å². The van der Waals surface area contributed by atoms with Crippen molar-refractivity contribution in [3.05, 3.63) is 47.5 Å². The highest BCUT2D eigenvalue weighted by molar-refractivity contribution is 5.98. The first-order valence-electron chi connectivity index (χ1n) is 17.9.